The largest absolute Gasteiger partial charge is 0.389 e. The van der Waals surface area contributed by atoms with Gasteiger partial charge in [0.2, 0.25) is 0 Å². The molecule has 1 rings (SSSR count). The monoisotopic (exact) mass is 221 g/mol. The van der Waals surface area contributed by atoms with E-state index in [1.54, 1.807) is 0 Å². The summed E-state index contributed by atoms with van der Waals surface area (Å²) in [5.41, 5.74) is 1.83. The van der Waals surface area contributed by atoms with Crippen molar-refractivity contribution in [2.24, 2.45) is 0 Å². The molecule has 0 fully saturated rings. The van der Waals surface area contributed by atoms with Crippen LogP contribution < -0.4 is 5.32 Å². The van der Waals surface area contributed by atoms with Crippen LogP contribution in [-0.4, -0.2) is 16.7 Å². The van der Waals surface area contributed by atoms with E-state index in [0.29, 0.717) is 0 Å². The number of rotatable bonds is 4. The molecule has 0 radical (unpaired) electrons. The minimum absolute atomic E-state index is 0.0591. The van der Waals surface area contributed by atoms with Crippen molar-refractivity contribution >= 4 is 0 Å². The fourth-order valence-electron chi connectivity index (χ4n) is 1.53. The van der Waals surface area contributed by atoms with Crippen LogP contribution in [0.2, 0.25) is 0 Å². The minimum Gasteiger partial charge on any atom is -0.389 e. The lowest BCUT2D eigenvalue weighted by Crippen LogP contribution is -2.45. The van der Waals surface area contributed by atoms with Gasteiger partial charge in [-0.05, 0) is 40.2 Å². The van der Waals surface area contributed by atoms with Gasteiger partial charge in [-0.15, -0.1) is 0 Å². The van der Waals surface area contributed by atoms with E-state index < -0.39 is 5.60 Å². The van der Waals surface area contributed by atoms with Crippen LogP contribution >= 0.6 is 0 Å². The normalized spacial score (nSPS) is 15.9. The highest BCUT2D eigenvalue weighted by Crippen LogP contribution is 2.17. The highest BCUT2D eigenvalue weighted by atomic mass is 16.3. The van der Waals surface area contributed by atoms with Gasteiger partial charge in [-0.2, -0.15) is 0 Å². The first-order chi connectivity index (χ1) is 7.30. The van der Waals surface area contributed by atoms with Crippen molar-refractivity contribution in [2.45, 2.75) is 52.3 Å². The molecule has 2 nitrogen and oxygen atoms in total. The standard InChI is InChI=1S/C14H23NO/c1-10-6-8-13(9-7-10)11(2)15-12(3)14(4,5)16/h6-9,11-12,15-16H,1-5H3/t11-,12?/m1/s1. The maximum atomic E-state index is 9.86. The Morgan fingerprint density at radius 1 is 1.12 bits per heavy atom. The Labute approximate surface area is 98.7 Å². The van der Waals surface area contributed by atoms with Gasteiger partial charge in [0.05, 0.1) is 5.60 Å². The lowest BCUT2D eigenvalue weighted by atomic mass is 9.98. The number of nitrogens with one attached hydrogen (secondary N) is 1. The molecule has 1 aromatic rings. The zero-order valence-corrected chi connectivity index (χ0v) is 10.9. The molecule has 0 heterocycles. The third kappa shape index (κ3) is 3.62. The van der Waals surface area contributed by atoms with Crippen molar-refractivity contribution in [2.75, 3.05) is 0 Å². The van der Waals surface area contributed by atoms with E-state index in [1.807, 2.05) is 20.8 Å². The van der Waals surface area contributed by atoms with Crippen LogP contribution in [0, 0.1) is 6.92 Å². The van der Waals surface area contributed by atoms with Gasteiger partial charge in [-0.1, -0.05) is 29.8 Å². The second-order valence-electron chi connectivity index (χ2n) is 5.17. The third-order valence-electron chi connectivity index (χ3n) is 3.14. The van der Waals surface area contributed by atoms with Gasteiger partial charge in [0, 0.05) is 12.1 Å². The minimum atomic E-state index is -0.695. The van der Waals surface area contributed by atoms with Crippen molar-refractivity contribution in [1.29, 1.82) is 0 Å². The lowest BCUT2D eigenvalue weighted by molar-refractivity contribution is 0.0405. The average molecular weight is 221 g/mol. The number of hydrogen-bond donors (Lipinski definition) is 2. The summed E-state index contributed by atoms with van der Waals surface area (Å²) >= 11 is 0. The van der Waals surface area contributed by atoms with Crippen molar-refractivity contribution < 1.29 is 5.11 Å². The van der Waals surface area contributed by atoms with E-state index in [4.69, 9.17) is 0 Å². The van der Waals surface area contributed by atoms with Gasteiger partial charge in [0.25, 0.3) is 0 Å². The first-order valence-corrected chi connectivity index (χ1v) is 5.85. The molecule has 0 aliphatic heterocycles. The molecule has 2 heteroatoms. The Bertz CT molecular complexity index is 324. The van der Waals surface area contributed by atoms with E-state index in [0.717, 1.165) is 0 Å². The average Bonchev–Trinajstić information content (AvgIpc) is 2.17. The van der Waals surface area contributed by atoms with Gasteiger partial charge >= 0.3 is 0 Å². The van der Waals surface area contributed by atoms with Crippen LogP contribution in [0.25, 0.3) is 0 Å². The van der Waals surface area contributed by atoms with Gasteiger partial charge in [0.1, 0.15) is 0 Å². The number of aliphatic hydroxyl groups is 1. The van der Waals surface area contributed by atoms with Gasteiger partial charge in [-0.3, -0.25) is 0 Å². The molecule has 0 aliphatic carbocycles. The number of hydrogen-bond acceptors (Lipinski definition) is 2. The summed E-state index contributed by atoms with van der Waals surface area (Å²) in [6, 6.07) is 8.80. The Morgan fingerprint density at radius 3 is 2.06 bits per heavy atom. The van der Waals surface area contributed by atoms with Crippen molar-refractivity contribution in [1.82, 2.24) is 5.32 Å². The molecule has 1 aromatic carbocycles. The van der Waals surface area contributed by atoms with E-state index in [9.17, 15) is 5.11 Å². The zero-order valence-electron chi connectivity index (χ0n) is 10.9. The highest BCUT2D eigenvalue weighted by Gasteiger charge is 2.23. The molecule has 0 bridgehead atoms. The molecule has 16 heavy (non-hydrogen) atoms. The molecule has 0 spiro atoms. The number of aryl methyl sites for hydroxylation is 1. The fraction of sp³-hybridized carbons (Fsp3) is 0.571. The van der Waals surface area contributed by atoms with Crippen molar-refractivity contribution in [3.63, 3.8) is 0 Å². The Kier molecular flexibility index (Phi) is 4.11. The predicted octanol–water partition coefficient (Wildman–Crippen LogP) is 2.81. The lowest BCUT2D eigenvalue weighted by Gasteiger charge is -2.30. The second kappa shape index (κ2) is 4.98. The molecule has 1 unspecified atom stereocenters. The number of benzene rings is 1. The topological polar surface area (TPSA) is 32.3 Å². The summed E-state index contributed by atoms with van der Waals surface area (Å²) in [4.78, 5) is 0. The molecule has 0 aliphatic rings. The quantitative estimate of drug-likeness (QED) is 0.819. The van der Waals surface area contributed by atoms with Gasteiger partial charge in [-0.25, -0.2) is 0 Å². The Balaban J connectivity index is 2.65. The maximum Gasteiger partial charge on any atom is 0.0741 e. The first-order valence-electron chi connectivity index (χ1n) is 5.85. The van der Waals surface area contributed by atoms with E-state index in [2.05, 4.69) is 43.4 Å². The van der Waals surface area contributed by atoms with E-state index in [-0.39, 0.29) is 12.1 Å². The van der Waals surface area contributed by atoms with Crippen LogP contribution in [0.3, 0.4) is 0 Å². The Morgan fingerprint density at radius 2 is 1.62 bits per heavy atom. The van der Waals surface area contributed by atoms with E-state index in [1.165, 1.54) is 11.1 Å². The fourth-order valence-corrected chi connectivity index (χ4v) is 1.53. The Hall–Kier alpha value is -0.860. The van der Waals surface area contributed by atoms with Crippen LogP contribution in [0.4, 0.5) is 0 Å². The molecule has 0 amide bonds. The first kappa shape index (κ1) is 13.2. The second-order valence-corrected chi connectivity index (χ2v) is 5.17. The summed E-state index contributed by atoms with van der Waals surface area (Å²) in [5.74, 6) is 0. The van der Waals surface area contributed by atoms with Crippen LogP contribution in [0.1, 0.15) is 44.9 Å². The van der Waals surface area contributed by atoms with Gasteiger partial charge < -0.3 is 10.4 Å². The summed E-state index contributed by atoms with van der Waals surface area (Å²) in [7, 11) is 0. The van der Waals surface area contributed by atoms with Crippen LogP contribution in [-0.2, 0) is 0 Å². The third-order valence-corrected chi connectivity index (χ3v) is 3.14. The maximum absolute atomic E-state index is 9.86. The molecule has 0 saturated heterocycles. The molecular formula is C14H23NO. The summed E-state index contributed by atoms with van der Waals surface area (Å²) < 4.78 is 0. The molecule has 0 saturated carbocycles. The molecule has 0 aromatic heterocycles. The molecule has 90 valence electrons. The summed E-state index contributed by atoms with van der Waals surface area (Å²) in [6.45, 7) is 9.86. The predicted molar refractivity (Wildman–Crippen MR) is 68.5 cm³/mol. The smallest absolute Gasteiger partial charge is 0.0741 e. The van der Waals surface area contributed by atoms with Crippen molar-refractivity contribution in [3.05, 3.63) is 35.4 Å². The van der Waals surface area contributed by atoms with Crippen LogP contribution in [0.5, 0.6) is 0 Å². The van der Waals surface area contributed by atoms with E-state index >= 15 is 0 Å². The zero-order chi connectivity index (χ0) is 12.3. The van der Waals surface area contributed by atoms with Crippen LogP contribution in [0.15, 0.2) is 24.3 Å². The van der Waals surface area contributed by atoms with Crippen molar-refractivity contribution in [3.8, 4) is 0 Å². The SMILES string of the molecule is Cc1ccc([C@@H](C)NC(C)C(C)(C)O)cc1. The van der Waals surface area contributed by atoms with Gasteiger partial charge in [0.15, 0.2) is 0 Å². The highest BCUT2D eigenvalue weighted by molar-refractivity contribution is 5.23. The summed E-state index contributed by atoms with van der Waals surface area (Å²) in [6.07, 6.45) is 0. The molecular weight excluding hydrogens is 198 g/mol. The molecule has 2 atom stereocenters. The molecule has 2 N–H and O–H groups in total. The summed E-state index contributed by atoms with van der Waals surface area (Å²) in [5, 5.41) is 13.3.